The summed E-state index contributed by atoms with van der Waals surface area (Å²) in [5, 5.41) is 3.60. The normalized spacial score (nSPS) is 12.2. The van der Waals surface area contributed by atoms with Gasteiger partial charge in [0.25, 0.3) is 0 Å². The van der Waals surface area contributed by atoms with E-state index in [2.05, 4.69) is 5.32 Å². The van der Waals surface area contributed by atoms with Crippen molar-refractivity contribution in [3.63, 3.8) is 0 Å². The number of hydrogen-bond acceptors (Lipinski definition) is 4. The number of sulfonamides is 1. The summed E-state index contributed by atoms with van der Waals surface area (Å²) in [4.78, 5) is 27.4. The topological polar surface area (TPSA) is 86.8 Å². The molecular weight excluding hydrogens is 544 g/mol. The molecule has 0 heterocycles. The molecule has 0 fully saturated rings. The number of carbonyl (C=O) groups excluding carboxylic acids is 2. The molecule has 1 atom stereocenters. The number of amides is 2. The highest BCUT2D eigenvalue weighted by Gasteiger charge is 2.31. The third-order valence-corrected chi connectivity index (χ3v) is 7.47. The standard InChI is InChI=1S/C22H25Cl4N3O4S/c1-4-10-27-22(31)14(2)28(12-15-8-9-16(23)11-18(15)25)20(30)13-29(34(3,32)33)19-7-5-6-17(24)21(19)26/h5-9,11,14H,4,10,12-13H2,1-3H3,(H,27,31). The molecule has 2 rings (SSSR count). The van der Waals surface area contributed by atoms with Crippen molar-refractivity contribution in [1.82, 2.24) is 10.2 Å². The van der Waals surface area contributed by atoms with Crippen molar-refractivity contribution in [2.24, 2.45) is 0 Å². The lowest BCUT2D eigenvalue weighted by Gasteiger charge is -2.32. The van der Waals surface area contributed by atoms with Gasteiger partial charge in [-0.1, -0.05) is 65.5 Å². The third kappa shape index (κ3) is 7.39. The largest absolute Gasteiger partial charge is 0.354 e. The molecule has 0 bridgehead atoms. The van der Waals surface area contributed by atoms with Gasteiger partial charge in [0.05, 0.1) is 22.0 Å². The molecule has 0 spiro atoms. The molecule has 0 saturated carbocycles. The molecule has 1 unspecified atom stereocenters. The Bertz CT molecular complexity index is 1160. The van der Waals surface area contributed by atoms with Crippen LogP contribution in [0.2, 0.25) is 20.1 Å². The van der Waals surface area contributed by atoms with Crippen LogP contribution in [0.4, 0.5) is 5.69 Å². The minimum atomic E-state index is -3.93. The molecule has 0 aliphatic rings. The Balaban J connectivity index is 2.45. The maximum atomic E-state index is 13.5. The van der Waals surface area contributed by atoms with Gasteiger partial charge in [0, 0.05) is 23.1 Å². The van der Waals surface area contributed by atoms with Gasteiger partial charge in [0.1, 0.15) is 12.6 Å². The third-order valence-electron chi connectivity index (χ3n) is 4.95. The fraction of sp³-hybridized carbons (Fsp3) is 0.364. The summed E-state index contributed by atoms with van der Waals surface area (Å²) in [5.41, 5.74) is 0.596. The van der Waals surface area contributed by atoms with E-state index in [1.807, 2.05) is 6.92 Å². The second-order valence-electron chi connectivity index (χ2n) is 7.57. The molecular formula is C22H25Cl4N3O4S. The second kappa shape index (κ2) is 12.3. The lowest BCUT2D eigenvalue weighted by Crippen LogP contribution is -2.51. The van der Waals surface area contributed by atoms with Crippen LogP contribution in [0.1, 0.15) is 25.8 Å². The molecule has 0 radical (unpaired) electrons. The van der Waals surface area contributed by atoms with Gasteiger partial charge in [-0.05, 0) is 43.2 Å². The van der Waals surface area contributed by atoms with Crippen LogP contribution in [0.3, 0.4) is 0 Å². The number of nitrogens with one attached hydrogen (secondary N) is 1. The summed E-state index contributed by atoms with van der Waals surface area (Å²) in [6.45, 7) is 3.25. The maximum absolute atomic E-state index is 13.5. The molecule has 0 saturated heterocycles. The highest BCUT2D eigenvalue weighted by Crippen LogP contribution is 2.34. The fourth-order valence-corrected chi connectivity index (χ4v) is 4.86. The van der Waals surface area contributed by atoms with Crippen LogP contribution in [-0.2, 0) is 26.2 Å². The number of carbonyl (C=O) groups is 2. The molecule has 7 nitrogen and oxygen atoms in total. The SMILES string of the molecule is CCCNC(=O)C(C)N(Cc1ccc(Cl)cc1Cl)C(=O)CN(c1cccc(Cl)c1Cl)S(C)(=O)=O. The molecule has 34 heavy (non-hydrogen) atoms. The Labute approximate surface area is 220 Å². The highest BCUT2D eigenvalue weighted by atomic mass is 35.5. The molecule has 2 aromatic carbocycles. The number of rotatable bonds is 10. The van der Waals surface area contributed by atoms with Crippen LogP contribution in [0, 0.1) is 0 Å². The number of hydrogen-bond donors (Lipinski definition) is 1. The van der Waals surface area contributed by atoms with E-state index in [4.69, 9.17) is 46.4 Å². The van der Waals surface area contributed by atoms with E-state index in [1.54, 1.807) is 19.1 Å². The first kappa shape index (κ1) is 28.5. The predicted octanol–water partition coefficient (Wildman–Crippen LogP) is 5.01. The van der Waals surface area contributed by atoms with Gasteiger partial charge >= 0.3 is 0 Å². The first-order valence-electron chi connectivity index (χ1n) is 10.3. The Kier molecular flexibility index (Phi) is 10.3. The monoisotopic (exact) mass is 567 g/mol. The predicted molar refractivity (Wildman–Crippen MR) is 138 cm³/mol. The van der Waals surface area contributed by atoms with Crippen LogP contribution in [0.25, 0.3) is 0 Å². The van der Waals surface area contributed by atoms with E-state index in [-0.39, 0.29) is 28.2 Å². The lowest BCUT2D eigenvalue weighted by atomic mass is 10.1. The lowest BCUT2D eigenvalue weighted by molar-refractivity contribution is -0.139. The smallest absolute Gasteiger partial charge is 0.244 e. The van der Waals surface area contributed by atoms with Crippen molar-refractivity contribution < 1.29 is 18.0 Å². The van der Waals surface area contributed by atoms with Gasteiger partial charge in [-0.3, -0.25) is 13.9 Å². The zero-order valence-electron chi connectivity index (χ0n) is 18.8. The minimum Gasteiger partial charge on any atom is -0.354 e. The molecule has 2 aromatic rings. The molecule has 0 aliphatic heterocycles. The van der Waals surface area contributed by atoms with E-state index in [1.165, 1.54) is 29.2 Å². The Morgan fingerprint density at radius 1 is 1.06 bits per heavy atom. The first-order valence-corrected chi connectivity index (χ1v) is 13.7. The fourth-order valence-electron chi connectivity index (χ4n) is 3.09. The van der Waals surface area contributed by atoms with Gasteiger partial charge in [0.2, 0.25) is 21.8 Å². The summed E-state index contributed by atoms with van der Waals surface area (Å²) in [5.74, 6) is -1.02. The van der Waals surface area contributed by atoms with Crippen LogP contribution in [0.15, 0.2) is 36.4 Å². The quantitative estimate of drug-likeness (QED) is 0.436. The number of anilines is 1. The Morgan fingerprint density at radius 3 is 2.32 bits per heavy atom. The molecule has 2 amide bonds. The zero-order chi connectivity index (χ0) is 25.6. The summed E-state index contributed by atoms with van der Waals surface area (Å²) in [6.07, 6.45) is 1.67. The van der Waals surface area contributed by atoms with E-state index in [0.717, 1.165) is 10.6 Å². The van der Waals surface area contributed by atoms with Gasteiger partial charge in [-0.15, -0.1) is 0 Å². The maximum Gasteiger partial charge on any atom is 0.244 e. The summed E-state index contributed by atoms with van der Waals surface area (Å²) < 4.78 is 26.0. The van der Waals surface area contributed by atoms with Crippen molar-refractivity contribution >= 4 is 73.9 Å². The van der Waals surface area contributed by atoms with Crippen LogP contribution in [0.5, 0.6) is 0 Å². The summed E-state index contributed by atoms with van der Waals surface area (Å²) in [6, 6.07) is 8.34. The van der Waals surface area contributed by atoms with E-state index >= 15 is 0 Å². The molecule has 0 aromatic heterocycles. The van der Waals surface area contributed by atoms with Crippen molar-refractivity contribution in [3.8, 4) is 0 Å². The molecule has 1 N–H and O–H groups in total. The van der Waals surface area contributed by atoms with Crippen molar-refractivity contribution in [3.05, 3.63) is 62.1 Å². The van der Waals surface area contributed by atoms with Crippen LogP contribution in [-0.4, -0.2) is 50.5 Å². The summed E-state index contributed by atoms with van der Waals surface area (Å²) >= 11 is 24.6. The van der Waals surface area contributed by atoms with Crippen LogP contribution >= 0.6 is 46.4 Å². The Morgan fingerprint density at radius 2 is 1.74 bits per heavy atom. The van der Waals surface area contributed by atoms with Crippen LogP contribution < -0.4 is 9.62 Å². The first-order chi connectivity index (χ1) is 15.9. The minimum absolute atomic E-state index is 0.0107. The van der Waals surface area contributed by atoms with Crippen molar-refractivity contribution in [2.75, 3.05) is 23.7 Å². The van der Waals surface area contributed by atoms with Crippen molar-refractivity contribution in [2.45, 2.75) is 32.9 Å². The number of halogens is 4. The average Bonchev–Trinajstić information content (AvgIpc) is 2.76. The zero-order valence-corrected chi connectivity index (χ0v) is 22.7. The second-order valence-corrected chi connectivity index (χ2v) is 11.1. The van der Waals surface area contributed by atoms with Gasteiger partial charge in [0.15, 0.2) is 0 Å². The molecule has 12 heteroatoms. The van der Waals surface area contributed by atoms with Crippen molar-refractivity contribution in [1.29, 1.82) is 0 Å². The van der Waals surface area contributed by atoms with Gasteiger partial charge in [-0.2, -0.15) is 0 Å². The average molecular weight is 569 g/mol. The van der Waals surface area contributed by atoms with E-state index < -0.39 is 28.5 Å². The highest BCUT2D eigenvalue weighted by molar-refractivity contribution is 7.92. The summed E-state index contributed by atoms with van der Waals surface area (Å²) in [7, 11) is -3.93. The molecule has 0 aliphatic carbocycles. The van der Waals surface area contributed by atoms with Gasteiger partial charge in [-0.25, -0.2) is 8.42 Å². The molecule has 186 valence electrons. The Hall–Kier alpha value is -1.71. The number of nitrogens with zero attached hydrogens (tertiary/aromatic N) is 2. The van der Waals surface area contributed by atoms with E-state index in [9.17, 15) is 18.0 Å². The number of benzene rings is 2. The van der Waals surface area contributed by atoms with E-state index in [0.29, 0.717) is 28.6 Å². The van der Waals surface area contributed by atoms with Gasteiger partial charge < -0.3 is 10.2 Å².